The van der Waals surface area contributed by atoms with Gasteiger partial charge >= 0.3 is 6.03 Å². The smallest absolute Gasteiger partial charge is 0.298 e. The highest BCUT2D eigenvalue weighted by Crippen LogP contribution is 2.02. The van der Waals surface area contributed by atoms with E-state index in [0.29, 0.717) is 5.56 Å². The summed E-state index contributed by atoms with van der Waals surface area (Å²) in [5.74, 6) is -0.372. The highest BCUT2D eigenvalue weighted by Gasteiger charge is 2.25. The molecule has 0 unspecified atom stereocenters. The van der Waals surface area contributed by atoms with Gasteiger partial charge in [0.15, 0.2) is 0 Å². The van der Waals surface area contributed by atoms with Crippen LogP contribution < -0.4 is 5.32 Å². The molecule has 1 saturated heterocycles. The molecule has 2 rings (SSSR count). The molecule has 6 heteroatoms. The quantitative estimate of drug-likeness (QED) is 0.464. The van der Waals surface area contributed by atoms with Gasteiger partial charge in [0.05, 0.1) is 6.21 Å². The lowest BCUT2D eigenvalue weighted by molar-refractivity contribution is -0.118. The Balaban J connectivity index is 2.07. The first-order chi connectivity index (χ1) is 8.19. The second-order valence-corrected chi connectivity index (χ2v) is 3.44. The summed E-state index contributed by atoms with van der Waals surface area (Å²) in [6.07, 6.45) is 2.19. The minimum Gasteiger partial charge on any atom is -0.298 e. The van der Waals surface area contributed by atoms with E-state index in [-0.39, 0.29) is 12.5 Å². The van der Waals surface area contributed by atoms with Crippen LogP contribution >= 0.6 is 0 Å². The van der Waals surface area contributed by atoms with Crippen molar-refractivity contribution in [3.05, 3.63) is 35.4 Å². The number of hydrogen-bond donors (Lipinski definition) is 1. The molecule has 3 amide bonds. The van der Waals surface area contributed by atoms with Crippen molar-refractivity contribution >= 4 is 24.4 Å². The molecule has 1 aliphatic rings. The summed E-state index contributed by atoms with van der Waals surface area (Å²) in [6.45, 7) is -0.0677. The van der Waals surface area contributed by atoms with E-state index in [1.165, 1.54) is 6.21 Å². The number of carbonyl (C=O) groups is 3. The Bertz CT molecular complexity index is 493. The first-order valence-corrected chi connectivity index (χ1v) is 4.89. The molecule has 1 fully saturated rings. The average Bonchev–Trinajstić information content (AvgIpc) is 2.66. The Morgan fingerprint density at radius 2 is 1.82 bits per heavy atom. The Kier molecular flexibility index (Phi) is 2.95. The first-order valence-electron chi connectivity index (χ1n) is 4.89. The van der Waals surface area contributed by atoms with Gasteiger partial charge in [-0.1, -0.05) is 24.3 Å². The van der Waals surface area contributed by atoms with Gasteiger partial charge in [0, 0.05) is 5.56 Å². The minimum atomic E-state index is -0.532. The Morgan fingerprint density at radius 1 is 1.18 bits per heavy atom. The third kappa shape index (κ3) is 2.54. The van der Waals surface area contributed by atoms with Crippen LogP contribution in [0.3, 0.4) is 0 Å². The van der Waals surface area contributed by atoms with Gasteiger partial charge in [0.25, 0.3) is 0 Å². The predicted octanol–water partition coefficient (Wildman–Crippen LogP) is 0.385. The standard InChI is InChI=1S/C11H9N3O3/c15-7-9-3-1-8(2-4-9)5-12-14-6-10(16)13-11(14)17/h1-5,7H,6H2,(H,13,16,17)/b12-5+. The predicted molar refractivity (Wildman–Crippen MR) is 59.7 cm³/mol. The van der Waals surface area contributed by atoms with Crippen molar-refractivity contribution < 1.29 is 14.4 Å². The van der Waals surface area contributed by atoms with Crippen LogP contribution in [0.2, 0.25) is 0 Å². The molecule has 1 aromatic carbocycles. The van der Waals surface area contributed by atoms with Gasteiger partial charge in [-0.25, -0.2) is 9.80 Å². The number of nitrogens with one attached hydrogen (secondary N) is 1. The second-order valence-electron chi connectivity index (χ2n) is 3.44. The highest BCUT2D eigenvalue weighted by molar-refractivity contribution is 6.02. The lowest BCUT2D eigenvalue weighted by Gasteiger charge is -2.03. The monoisotopic (exact) mass is 231 g/mol. The molecule has 0 spiro atoms. The van der Waals surface area contributed by atoms with E-state index in [0.717, 1.165) is 16.9 Å². The van der Waals surface area contributed by atoms with Crippen LogP contribution in [0.5, 0.6) is 0 Å². The van der Waals surface area contributed by atoms with E-state index in [4.69, 9.17) is 0 Å². The van der Waals surface area contributed by atoms with E-state index in [2.05, 4.69) is 10.4 Å². The molecule has 1 aliphatic heterocycles. The van der Waals surface area contributed by atoms with Crippen molar-refractivity contribution in [2.24, 2.45) is 5.10 Å². The van der Waals surface area contributed by atoms with E-state index < -0.39 is 6.03 Å². The normalized spacial score (nSPS) is 15.4. The molecule has 0 aliphatic carbocycles. The van der Waals surface area contributed by atoms with Crippen LogP contribution in [0.1, 0.15) is 15.9 Å². The number of hydrazone groups is 1. The van der Waals surface area contributed by atoms with Gasteiger partial charge in [-0.2, -0.15) is 5.10 Å². The van der Waals surface area contributed by atoms with Crippen LogP contribution in [-0.2, 0) is 4.79 Å². The summed E-state index contributed by atoms with van der Waals surface area (Å²) in [6, 6.07) is 6.15. The molecule has 0 atom stereocenters. The average molecular weight is 231 g/mol. The van der Waals surface area contributed by atoms with Crippen LogP contribution in [-0.4, -0.2) is 36.0 Å². The molecule has 17 heavy (non-hydrogen) atoms. The number of hydrogen-bond acceptors (Lipinski definition) is 4. The van der Waals surface area contributed by atoms with Crippen LogP contribution in [0.25, 0.3) is 0 Å². The molecule has 0 bridgehead atoms. The SMILES string of the molecule is O=Cc1ccc(/C=N/N2CC(=O)NC2=O)cc1. The number of nitrogens with zero attached hydrogens (tertiary/aromatic N) is 2. The minimum absolute atomic E-state index is 0.0677. The summed E-state index contributed by atoms with van der Waals surface area (Å²) >= 11 is 0. The third-order valence-electron chi connectivity index (χ3n) is 2.19. The summed E-state index contributed by atoms with van der Waals surface area (Å²) in [4.78, 5) is 32.4. The van der Waals surface area contributed by atoms with Gasteiger partial charge in [-0.15, -0.1) is 0 Å². The maximum atomic E-state index is 11.1. The van der Waals surface area contributed by atoms with Gasteiger partial charge < -0.3 is 0 Å². The number of imide groups is 1. The topological polar surface area (TPSA) is 78.8 Å². The van der Waals surface area contributed by atoms with Crippen molar-refractivity contribution in [3.8, 4) is 0 Å². The van der Waals surface area contributed by atoms with E-state index in [1.54, 1.807) is 24.3 Å². The summed E-state index contributed by atoms with van der Waals surface area (Å²) in [7, 11) is 0. The number of rotatable bonds is 3. The first kappa shape index (κ1) is 11.0. The zero-order valence-corrected chi connectivity index (χ0v) is 8.79. The molecule has 86 valence electrons. The number of carbonyl (C=O) groups excluding carboxylic acids is 3. The number of amides is 3. The maximum absolute atomic E-state index is 11.1. The number of urea groups is 1. The third-order valence-corrected chi connectivity index (χ3v) is 2.19. The van der Waals surface area contributed by atoms with Gasteiger partial charge in [-0.05, 0) is 5.56 Å². The molecule has 0 radical (unpaired) electrons. The van der Waals surface area contributed by atoms with Crippen molar-refractivity contribution in [2.75, 3.05) is 6.54 Å². The summed E-state index contributed by atoms with van der Waals surface area (Å²) < 4.78 is 0. The Labute approximate surface area is 96.9 Å². The highest BCUT2D eigenvalue weighted by atomic mass is 16.2. The molecular weight excluding hydrogens is 222 g/mol. The number of benzene rings is 1. The summed E-state index contributed by atoms with van der Waals surface area (Å²) in [5, 5.41) is 7.01. The van der Waals surface area contributed by atoms with Crippen molar-refractivity contribution in [2.45, 2.75) is 0 Å². The van der Waals surface area contributed by atoms with Crippen molar-refractivity contribution in [3.63, 3.8) is 0 Å². The molecule has 0 aromatic heterocycles. The fourth-order valence-electron chi connectivity index (χ4n) is 1.32. The van der Waals surface area contributed by atoms with Gasteiger partial charge in [0.2, 0.25) is 5.91 Å². The van der Waals surface area contributed by atoms with E-state index in [9.17, 15) is 14.4 Å². The van der Waals surface area contributed by atoms with Crippen molar-refractivity contribution in [1.29, 1.82) is 0 Å². The zero-order chi connectivity index (χ0) is 12.3. The fraction of sp³-hybridized carbons (Fsp3) is 0.0909. The lowest BCUT2D eigenvalue weighted by Crippen LogP contribution is -2.24. The lowest BCUT2D eigenvalue weighted by atomic mass is 10.2. The second kappa shape index (κ2) is 4.56. The van der Waals surface area contributed by atoms with E-state index in [1.807, 2.05) is 0 Å². The van der Waals surface area contributed by atoms with Gasteiger partial charge in [-0.3, -0.25) is 14.9 Å². The largest absolute Gasteiger partial charge is 0.344 e. The number of aldehydes is 1. The van der Waals surface area contributed by atoms with Crippen LogP contribution in [0, 0.1) is 0 Å². The molecule has 1 heterocycles. The Morgan fingerprint density at radius 3 is 2.35 bits per heavy atom. The van der Waals surface area contributed by atoms with Gasteiger partial charge in [0.1, 0.15) is 12.8 Å². The molecular formula is C11H9N3O3. The maximum Gasteiger partial charge on any atom is 0.344 e. The molecule has 0 saturated carbocycles. The fourth-order valence-corrected chi connectivity index (χ4v) is 1.32. The molecule has 1 N–H and O–H groups in total. The van der Waals surface area contributed by atoms with E-state index >= 15 is 0 Å². The Hall–Kier alpha value is -2.50. The van der Waals surface area contributed by atoms with Crippen LogP contribution in [0.15, 0.2) is 29.4 Å². The van der Waals surface area contributed by atoms with Crippen molar-refractivity contribution in [1.82, 2.24) is 10.3 Å². The van der Waals surface area contributed by atoms with Crippen LogP contribution in [0.4, 0.5) is 4.79 Å². The molecule has 1 aromatic rings. The summed E-state index contributed by atoms with van der Waals surface area (Å²) in [5.41, 5.74) is 1.30. The zero-order valence-electron chi connectivity index (χ0n) is 8.79. The molecule has 6 nitrogen and oxygen atoms in total.